The maximum absolute atomic E-state index is 12.7. The summed E-state index contributed by atoms with van der Waals surface area (Å²) in [6.45, 7) is 4.04. The zero-order valence-corrected chi connectivity index (χ0v) is 19.3. The molecule has 0 radical (unpaired) electrons. The van der Waals surface area contributed by atoms with Crippen LogP contribution in [0, 0.1) is 6.92 Å². The molecule has 0 amide bonds. The van der Waals surface area contributed by atoms with Crippen molar-refractivity contribution in [3.63, 3.8) is 0 Å². The van der Waals surface area contributed by atoms with E-state index in [9.17, 15) is 8.42 Å². The van der Waals surface area contributed by atoms with E-state index >= 15 is 0 Å². The SMILES string of the molecule is CCCCc1ccc(NC(=S)Nc2ccc(S(=O)(=O)Nc3ccccc3C)cc2)cc1. The molecule has 3 N–H and O–H groups in total. The van der Waals surface area contributed by atoms with Crippen LogP contribution in [0.5, 0.6) is 0 Å². The first-order valence-corrected chi connectivity index (χ1v) is 12.1. The Labute approximate surface area is 190 Å². The van der Waals surface area contributed by atoms with Gasteiger partial charge in [-0.15, -0.1) is 0 Å². The van der Waals surface area contributed by atoms with E-state index in [1.165, 1.54) is 18.4 Å². The van der Waals surface area contributed by atoms with Crippen molar-refractivity contribution in [2.75, 3.05) is 15.4 Å². The van der Waals surface area contributed by atoms with Gasteiger partial charge in [-0.1, -0.05) is 43.7 Å². The number of nitrogens with one attached hydrogen (secondary N) is 3. The fraction of sp³-hybridized carbons (Fsp3) is 0.208. The number of hydrogen-bond acceptors (Lipinski definition) is 3. The molecule has 0 aliphatic rings. The first-order chi connectivity index (χ1) is 14.9. The molecule has 3 aromatic rings. The Hall–Kier alpha value is -2.90. The van der Waals surface area contributed by atoms with Crippen LogP contribution in [0.15, 0.2) is 77.7 Å². The highest BCUT2D eigenvalue weighted by atomic mass is 32.2. The Morgan fingerprint density at radius 2 is 1.45 bits per heavy atom. The van der Waals surface area contributed by atoms with Gasteiger partial charge in [0, 0.05) is 11.4 Å². The van der Waals surface area contributed by atoms with Gasteiger partial charge in [-0.3, -0.25) is 4.72 Å². The molecule has 0 unspecified atom stereocenters. The Bertz CT molecular complexity index is 1130. The summed E-state index contributed by atoms with van der Waals surface area (Å²) in [7, 11) is -3.67. The van der Waals surface area contributed by atoms with E-state index in [0.29, 0.717) is 16.5 Å². The summed E-state index contributed by atoms with van der Waals surface area (Å²) in [5.41, 5.74) is 4.34. The first-order valence-electron chi connectivity index (χ1n) is 10.2. The Morgan fingerprint density at radius 1 is 0.871 bits per heavy atom. The van der Waals surface area contributed by atoms with Crippen LogP contribution in [0.25, 0.3) is 0 Å². The molecular formula is C24H27N3O2S2. The van der Waals surface area contributed by atoms with Crippen LogP contribution >= 0.6 is 12.2 Å². The minimum absolute atomic E-state index is 0.183. The average molecular weight is 454 g/mol. The molecule has 0 saturated heterocycles. The van der Waals surface area contributed by atoms with Gasteiger partial charge >= 0.3 is 0 Å². The van der Waals surface area contributed by atoms with E-state index in [0.717, 1.165) is 17.7 Å². The number of aryl methyl sites for hydroxylation is 2. The lowest BCUT2D eigenvalue weighted by atomic mass is 10.1. The fourth-order valence-electron chi connectivity index (χ4n) is 3.04. The van der Waals surface area contributed by atoms with Crippen LogP contribution in [0.2, 0.25) is 0 Å². The third kappa shape index (κ3) is 6.54. The summed E-state index contributed by atoms with van der Waals surface area (Å²) in [5.74, 6) is 0. The maximum atomic E-state index is 12.7. The number of unbranched alkanes of at least 4 members (excludes halogenated alkanes) is 1. The summed E-state index contributed by atoms with van der Waals surface area (Å²) in [6.07, 6.45) is 3.43. The van der Waals surface area contributed by atoms with Gasteiger partial charge in [-0.05, 0) is 85.6 Å². The molecule has 5 nitrogen and oxygen atoms in total. The summed E-state index contributed by atoms with van der Waals surface area (Å²) in [6, 6.07) is 21.9. The Balaban J connectivity index is 1.59. The minimum atomic E-state index is -3.67. The lowest BCUT2D eigenvalue weighted by molar-refractivity contribution is 0.601. The minimum Gasteiger partial charge on any atom is -0.332 e. The largest absolute Gasteiger partial charge is 0.332 e. The number of rotatable bonds is 8. The van der Waals surface area contributed by atoms with Gasteiger partial charge in [-0.2, -0.15) is 0 Å². The molecule has 0 saturated carbocycles. The number of hydrogen-bond donors (Lipinski definition) is 3. The van der Waals surface area contributed by atoms with Crippen LogP contribution in [0.1, 0.15) is 30.9 Å². The van der Waals surface area contributed by atoms with Gasteiger partial charge in [0.25, 0.3) is 10.0 Å². The van der Waals surface area contributed by atoms with Crippen molar-refractivity contribution >= 4 is 44.4 Å². The van der Waals surface area contributed by atoms with E-state index in [1.807, 2.05) is 31.2 Å². The lowest BCUT2D eigenvalue weighted by Crippen LogP contribution is -2.19. The second-order valence-electron chi connectivity index (χ2n) is 7.32. The maximum Gasteiger partial charge on any atom is 0.261 e. The molecule has 3 rings (SSSR count). The highest BCUT2D eigenvalue weighted by molar-refractivity contribution is 7.92. The van der Waals surface area contributed by atoms with Gasteiger partial charge in [0.15, 0.2) is 5.11 Å². The molecule has 7 heteroatoms. The zero-order chi connectivity index (χ0) is 22.3. The summed E-state index contributed by atoms with van der Waals surface area (Å²) in [5, 5.41) is 6.67. The number of para-hydroxylation sites is 1. The zero-order valence-electron chi connectivity index (χ0n) is 17.7. The highest BCUT2D eigenvalue weighted by Crippen LogP contribution is 2.21. The molecule has 31 heavy (non-hydrogen) atoms. The van der Waals surface area contributed by atoms with Crippen molar-refractivity contribution in [1.82, 2.24) is 0 Å². The third-order valence-electron chi connectivity index (χ3n) is 4.84. The molecule has 0 aliphatic carbocycles. The van der Waals surface area contributed by atoms with Crippen LogP contribution in [0.3, 0.4) is 0 Å². The van der Waals surface area contributed by atoms with E-state index < -0.39 is 10.0 Å². The van der Waals surface area contributed by atoms with E-state index in [1.54, 1.807) is 36.4 Å². The second-order valence-corrected chi connectivity index (χ2v) is 9.42. The lowest BCUT2D eigenvalue weighted by Gasteiger charge is -2.13. The van der Waals surface area contributed by atoms with Crippen molar-refractivity contribution in [2.45, 2.75) is 38.0 Å². The van der Waals surface area contributed by atoms with Crippen molar-refractivity contribution < 1.29 is 8.42 Å². The second kappa shape index (κ2) is 10.4. The molecule has 0 atom stereocenters. The standard InChI is InChI=1S/C24H27N3O2S2/c1-3-4-8-19-10-12-20(13-11-19)25-24(30)26-21-14-16-22(17-15-21)31(28,29)27-23-9-6-5-7-18(23)2/h5-7,9-17,27H,3-4,8H2,1-2H3,(H2,25,26,30). The molecule has 0 spiro atoms. The van der Waals surface area contributed by atoms with Gasteiger partial charge in [-0.25, -0.2) is 8.42 Å². The molecule has 0 fully saturated rings. The number of thiocarbonyl (C=S) groups is 1. The average Bonchev–Trinajstić information content (AvgIpc) is 2.75. The number of anilines is 3. The van der Waals surface area contributed by atoms with E-state index in [4.69, 9.17) is 12.2 Å². The van der Waals surface area contributed by atoms with E-state index in [2.05, 4.69) is 34.4 Å². The molecule has 3 aromatic carbocycles. The van der Waals surface area contributed by atoms with Gasteiger partial charge in [0.2, 0.25) is 0 Å². The molecule has 0 aliphatic heterocycles. The molecule has 0 bridgehead atoms. The number of benzene rings is 3. The molecule has 0 aromatic heterocycles. The predicted octanol–water partition coefficient (Wildman–Crippen LogP) is 5.95. The van der Waals surface area contributed by atoms with Crippen molar-refractivity contribution in [1.29, 1.82) is 0 Å². The Kier molecular flexibility index (Phi) is 7.65. The molecule has 0 heterocycles. The van der Waals surface area contributed by atoms with Crippen LogP contribution in [-0.2, 0) is 16.4 Å². The van der Waals surface area contributed by atoms with Gasteiger partial charge in [0.1, 0.15) is 0 Å². The quantitative estimate of drug-likeness (QED) is 0.368. The third-order valence-corrected chi connectivity index (χ3v) is 6.43. The summed E-state index contributed by atoms with van der Waals surface area (Å²) in [4.78, 5) is 0.183. The van der Waals surface area contributed by atoms with Crippen LogP contribution in [0.4, 0.5) is 17.1 Å². The highest BCUT2D eigenvalue weighted by Gasteiger charge is 2.15. The Morgan fingerprint density at radius 3 is 2.03 bits per heavy atom. The summed E-state index contributed by atoms with van der Waals surface area (Å²) >= 11 is 5.38. The van der Waals surface area contributed by atoms with Gasteiger partial charge < -0.3 is 10.6 Å². The first kappa shape index (κ1) is 22.8. The van der Waals surface area contributed by atoms with E-state index in [-0.39, 0.29) is 4.90 Å². The molecular weight excluding hydrogens is 426 g/mol. The van der Waals surface area contributed by atoms with Gasteiger partial charge in [0.05, 0.1) is 10.6 Å². The normalized spacial score (nSPS) is 11.0. The van der Waals surface area contributed by atoms with Crippen molar-refractivity contribution in [3.8, 4) is 0 Å². The van der Waals surface area contributed by atoms with Crippen LogP contribution in [-0.4, -0.2) is 13.5 Å². The topological polar surface area (TPSA) is 70.2 Å². The van der Waals surface area contributed by atoms with Crippen molar-refractivity contribution in [3.05, 3.63) is 83.9 Å². The number of sulfonamides is 1. The smallest absolute Gasteiger partial charge is 0.261 e. The fourth-order valence-corrected chi connectivity index (χ4v) is 4.40. The summed E-state index contributed by atoms with van der Waals surface area (Å²) < 4.78 is 27.9. The van der Waals surface area contributed by atoms with Crippen molar-refractivity contribution in [2.24, 2.45) is 0 Å². The monoisotopic (exact) mass is 453 g/mol. The molecule has 162 valence electrons. The van der Waals surface area contributed by atoms with Crippen LogP contribution < -0.4 is 15.4 Å². The predicted molar refractivity (Wildman–Crippen MR) is 133 cm³/mol.